The Bertz CT molecular complexity index is 928. The molecule has 3 N–H and O–H groups in total. The van der Waals surface area contributed by atoms with Gasteiger partial charge in [-0.25, -0.2) is 8.42 Å². The maximum atomic E-state index is 12.6. The summed E-state index contributed by atoms with van der Waals surface area (Å²) >= 11 is 0. The summed E-state index contributed by atoms with van der Waals surface area (Å²) in [5.74, 6) is -0.574. The van der Waals surface area contributed by atoms with Crippen LogP contribution >= 0.6 is 0 Å². The van der Waals surface area contributed by atoms with Gasteiger partial charge in [0.25, 0.3) is 15.9 Å². The van der Waals surface area contributed by atoms with Crippen LogP contribution < -0.4 is 20.3 Å². The van der Waals surface area contributed by atoms with Gasteiger partial charge in [-0.15, -0.1) is 0 Å². The zero-order valence-corrected chi connectivity index (χ0v) is 15.8. The van der Waals surface area contributed by atoms with E-state index in [1.807, 2.05) is 6.92 Å². The van der Waals surface area contributed by atoms with Gasteiger partial charge in [0.2, 0.25) is 5.91 Å². The quantitative estimate of drug-likeness (QED) is 0.625. The van der Waals surface area contributed by atoms with Gasteiger partial charge < -0.3 is 4.74 Å². The van der Waals surface area contributed by atoms with E-state index in [-0.39, 0.29) is 28.5 Å². The van der Waals surface area contributed by atoms with Crippen LogP contribution in [0.15, 0.2) is 53.4 Å². The fraction of sp³-hybridized carbons (Fsp3) is 0.222. The molecule has 0 aromatic heterocycles. The number of para-hydroxylation sites is 2. The van der Waals surface area contributed by atoms with E-state index in [1.165, 1.54) is 31.4 Å². The van der Waals surface area contributed by atoms with Crippen molar-refractivity contribution < 1.29 is 22.7 Å². The molecule has 0 aliphatic heterocycles. The lowest BCUT2D eigenvalue weighted by Gasteiger charge is -2.12. The first-order chi connectivity index (χ1) is 12.9. The summed E-state index contributed by atoms with van der Waals surface area (Å²) in [6, 6.07) is 12.1. The van der Waals surface area contributed by atoms with Crippen LogP contribution in [0.1, 0.15) is 30.1 Å². The molecule has 2 amide bonds. The van der Waals surface area contributed by atoms with E-state index in [0.29, 0.717) is 12.2 Å². The second-order valence-corrected chi connectivity index (χ2v) is 7.27. The Morgan fingerprint density at radius 1 is 1.04 bits per heavy atom. The average Bonchev–Trinajstić information content (AvgIpc) is 2.66. The van der Waals surface area contributed by atoms with Crippen molar-refractivity contribution >= 4 is 27.5 Å². The molecule has 0 bridgehead atoms. The molecule has 0 saturated heterocycles. The molecule has 8 nitrogen and oxygen atoms in total. The molecule has 0 atom stereocenters. The first-order valence-corrected chi connectivity index (χ1v) is 9.70. The van der Waals surface area contributed by atoms with Crippen molar-refractivity contribution in [1.29, 1.82) is 0 Å². The molecule has 0 spiro atoms. The third kappa shape index (κ3) is 5.45. The van der Waals surface area contributed by atoms with Crippen LogP contribution in [0, 0.1) is 0 Å². The maximum Gasteiger partial charge on any atom is 0.269 e. The number of methoxy groups -OCH3 is 1. The number of carbonyl (C=O) groups excluding carboxylic acids is 2. The number of amides is 2. The van der Waals surface area contributed by atoms with Crippen molar-refractivity contribution in [1.82, 2.24) is 10.9 Å². The third-order valence-electron chi connectivity index (χ3n) is 3.55. The molecule has 0 saturated carbocycles. The van der Waals surface area contributed by atoms with Gasteiger partial charge in [-0.2, -0.15) is 0 Å². The summed E-state index contributed by atoms with van der Waals surface area (Å²) in [7, 11) is -2.50. The summed E-state index contributed by atoms with van der Waals surface area (Å²) in [5, 5.41) is 0. The molecular formula is C18H21N3O5S. The van der Waals surface area contributed by atoms with Crippen molar-refractivity contribution in [2.45, 2.75) is 24.7 Å². The van der Waals surface area contributed by atoms with E-state index in [0.717, 1.165) is 0 Å². The van der Waals surface area contributed by atoms with Crippen LogP contribution in [0.5, 0.6) is 5.75 Å². The Balaban J connectivity index is 2.18. The van der Waals surface area contributed by atoms with Crippen molar-refractivity contribution in [3.63, 3.8) is 0 Å². The minimum Gasteiger partial charge on any atom is -0.495 e. The number of ether oxygens (including phenoxy) is 1. The molecular weight excluding hydrogens is 370 g/mol. The van der Waals surface area contributed by atoms with E-state index in [1.54, 1.807) is 24.3 Å². The van der Waals surface area contributed by atoms with Gasteiger partial charge in [-0.05, 0) is 36.8 Å². The minimum absolute atomic E-state index is 0.0923. The third-order valence-corrected chi connectivity index (χ3v) is 4.91. The number of hydrogen-bond acceptors (Lipinski definition) is 5. The second kappa shape index (κ2) is 9.04. The second-order valence-electron chi connectivity index (χ2n) is 5.59. The molecule has 0 heterocycles. The standard InChI is InChI=1S/C18H21N3O5S/c1-3-7-17(22)19-20-18(23)13-8-6-9-14(12-13)27(24,25)21-15-10-4-5-11-16(15)26-2/h4-6,8-12,21H,3,7H2,1-2H3,(H,19,22)(H,20,23). The Kier molecular flexibility index (Phi) is 6.78. The zero-order chi connectivity index (χ0) is 19.9. The first-order valence-electron chi connectivity index (χ1n) is 8.22. The number of rotatable bonds is 7. The van der Waals surface area contributed by atoms with Gasteiger partial charge in [0.1, 0.15) is 5.75 Å². The summed E-state index contributed by atoms with van der Waals surface area (Å²) < 4.78 is 32.8. The molecule has 27 heavy (non-hydrogen) atoms. The van der Waals surface area contributed by atoms with Crippen molar-refractivity contribution in [2.75, 3.05) is 11.8 Å². The largest absolute Gasteiger partial charge is 0.495 e. The predicted molar refractivity (Wildman–Crippen MR) is 101 cm³/mol. The average molecular weight is 391 g/mol. The van der Waals surface area contributed by atoms with Gasteiger partial charge in [-0.1, -0.05) is 25.1 Å². The predicted octanol–water partition coefficient (Wildman–Crippen LogP) is 2.06. The van der Waals surface area contributed by atoms with Gasteiger partial charge in [0.05, 0.1) is 17.7 Å². The highest BCUT2D eigenvalue weighted by Gasteiger charge is 2.18. The smallest absolute Gasteiger partial charge is 0.269 e. The van der Waals surface area contributed by atoms with Crippen LogP contribution in [0.2, 0.25) is 0 Å². The van der Waals surface area contributed by atoms with Crippen molar-refractivity contribution in [3.8, 4) is 5.75 Å². The van der Waals surface area contributed by atoms with Crippen LogP contribution in [0.25, 0.3) is 0 Å². The highest BCUT2D eigenvalue weighted by atomic mass is 32.2. The van der Waals surface area contributed by atoms with Crippen molar-refractivity contribution in [3.05, 3.63) is 54.1 Å². The van der Waals surface area contributed by atoms with E-state index in [9.17, 15) is 18.0 Å². The number of hydrazine groups is 1. The number of nitrogens with one attached hydrogen (secondary N) is 3. The lowest BCUT2D eigenvalue weighted by molar-refractivity contribution is -0.121. The molecule has 2 aromatic carbocycles. The topological polar surface area (TPSA) is 114 Å². The fourth-order valence-electron chi connectivity index (χ4n) is 2.23. The van der Waals surface area contributed by atoms with Crippen LogP contribution in [-0.2, 0) is 14.8 Å². The monoisotopic (exact) mass is 391 g/mol. The molecule has 0 unspecified atom stereocenters. The van der Waals surface area contributed by atoms with Gasteiger partial charge in [0.15, 0.2) is 0 Å². The van der Waals surface area contributed by atoms with Crippen molar-refractivity contribution in [2.24, 2.45) is 0 Å². The Morgan fingerprint density at radius 2 is 1.78 bits per heavy atom. The molecule has 0 aliphatic carbocycles. The molecule has 2 rings (SSSR count). The number of carbonyl (C=O) groups is 2. The molecule has 0 fully saturated rings. The lowest BCUT2D eigenvalue weighted by atomic mass is 10.2. The van der Waals surface area contributed by atoms with Gasteiger partial charge in [-0.3, -0.25) is 25.2 Å². The van der Waals surface area contributed by atoms with E-state index < -0.39 is 15.9 Å². The Morgan fingerprint density at radius 3 is 2.48 bits per heavy atom. The Hall–Kier alpha value is -3.07. The molecule has 0 radical (unpaired) electrons. The maximum absolute atomic E-state index is 12.6. The SMILES string of the molecule is CCCC(=O)NNC(=O)c1cccc(S(=O)(=O)Nc2ccccc2OC)c1. The highest BCUT2D eigenvalue weighted by molar-refractivity contribution is 7.92. The minimum atomic E-state index is -3.94. The normalized spacial score (nSPS) is 10.7. The van der Waals surface area contributed by atoms with E-state index in [2.05, 4.69) is 15.6 Å². The Labute approximate surface area is 157 Å². The number of hydrogen-bond donors (Lipinski definition) is 3. The summed E-state index contributed by atoms with van der Waals surface area (Å²) in [5.41, 5.74) is 4.90. The van der Waals surface area contributed by atoms with Gasteiger partial charge in [0, 0.05) is 12.0 Å². The zero-order valence-electron chi connectivity index (χ0n) is 15.0. The lowest BCUT2D eigenvalue weighted by Crippen LogP contribution is -2.41. The van der Waals surface area contributed by atoms with Crippen LogP contribution in [0.3, 0.4) is 0 Å². The van der Waals surface area contributed by atoms with Gasteiger partial charge >= 0.3 is 0 Å². The first kappa shape index (κ1) is 20.2. The molecule has 144 valence electrons. The summed E-state index contributed by atoms with van der Waals surface area (Å²) in [6.45, 7) is 1.84. The van der Waals surface area contributed by atoms with Crippen LogP contribution in [0.4, 0.5) is 5.69 Å². The number of sulfonamides is 1. The molecule has 2 aromatic rings. The number of anilines is 1. The summed E-state index contributed by atoms with van der Waals surface area (Å²) in [6.07, 6.45) is 0.918. The molecule has 0 aliphatic rings. The highest BCUT2D eigenvalue weighted by Crippen LogP contribution is 2.26. The fourth-order valence-corrected chi connectivity index (χ4v) is 3.34. The number of benzene rings is 2. The summed E-state index contributed by atoms with van der Waals surface area (Å²) in [4.78, 5) is 23.5. The van der Waals surface area contributed by atoms with Crippen LogP contribution in [-0.4, -0.2) is 27.3 Å². The molecule has 9 heteroatoms. The van der Waals surface area contributed by atoms with E-state index in [4.69, 9.17) is 4.74 Å². The van der Waals surface area contributed by atoms with E-state index >= 15 is 0 Å².